The van der Waals surface area contributed by atoms with Crippen LogP contribution in [0.5, 0.6) is 11.5 Å². The van der Waals surface area contributed by atoms with Crippen LogP contribution in [-0.4, -0.2) is 34.0 Å². The summed E-state index contributed by atoms with van der Waals surface area (Å²) in [6.07, 6.45) is 7.11. The van der Waals surface area contributed by atoms with E-state index in [4.69, 9.17) is 4.74 Å². The van der Waals surface area contributed by atoms with Gasteiger partial charge < -0.3 is 20.1 Å². The van der Waals surface area contributed by atoms with E-state index in [1.807, 2.05) is 12.2 Å². The number of ether oxygens (including phenoxy) is 1. The summed E-state index contributed by atoms with van der Waals surface area (Å²) in [5, 5.41) is 29.2. The molecule has 3 N–H and O–H groups in total. The maximum Gasteiger partial charge on any atom is 0.345 e. The topological polar surface area (TPSA) is 87.0 Å². The van der Waals surface area contributed by atoms with Gasteiger partial charge in [-0.2, -0.15) is 0 Å². The van der Waals surface area contributed by atoms with Crippen LogP contribution in [0.3, 0.4) is 0 Å². The Kier molecular flexibility index (Phi) is 5.22. The number of rotatable bonds is 5. The van der Waals surface area contributed by atoms with Gasteiger partial charge >= 0.3 is 5.97 Å². The Bertz CT molecular complexity index is 592. The Balaban J connectivity index is 2.07. The number of aliphatic hydroxyl groups is 1. The lowest BCUT2D eigenvalue weighted by atomic mass is 9.97. The van der Waals surface area contributed by atoms with Crippen LogP contribution in [0.25, 0.3) is 0 Å². The number of benzene rings is 1. The van der Waals surface area contributed by atoms with E-state index >= 15 is 0 Å². The van der Waals surface area contributed by atoms with E-state index in [0.29, 0.717) is 12.8 Å². The number of allylic oxidation sites excluding steroid dienone is 2. The van der Waals surface area contributed by atoms with E-state index in [9.17, 15) is 20.1 Å². The third kappa shape index (κ3) is 3.89. The summed E-state index contributed by atoms with van der Waals surface area (Å²) in [6, 6.07) is 2.93. The zero-order chi connectivity index (χ0) is 16.1. The number of phenolic OH excluding ortho intramolecular Hbond substituents is 2. The molecular weight excluding hydrogens is 284 g/mol. The molecule has 0 amide bonds. The van der Waals surface area contributed by atoms with Crippen molar-refractivity contribution in [1.29, 1.82) is 0 Å². The minimum absolute atomic E-state index is 0.172. The van der Waals surface area contributed by atoms with E-state index in [1.54, 1.807) is 13.0 Å². The van der Waals surface area contributed by atoms with Gasteiger partial charge in [-0.05, 0) is 43.9 Å². The highest BCUT2D eigenvalue weighted by atomic mass is 16.5. The van der Waals surface area contributed by atoms with Crippen LogP contribution in [0.1, 0.15) is 35.7 Å². The van der Waals surface area contributed by atoms with Gasteiger partial charge in [-0.1, -0.05) is 23.8 Å². The molecule has 1 unspecified atom stereocenters. The Labute approximate surface area is 129 Å². The smallest absolute Gasteiger partial charge is 0.345 e. The predicted molar refractivity (Wildman–Crippen MR) is 81.9 cm³/mol. The Morgan fingerprint density at radius 2 is 1.95 bits per heavy atom. The average Bonchev–Trinajstić information content (AvgIpc) is 2.46. The number of phenols is 2. The molecule has 0 spiro atoms. The molecule has 1 aliphatic carbocycles. The van der Waals surface area contributed by atoms with Crippen molar-refractivity contribution in [3.8, 4) is 11.5 Å². The van der Waals surface area contributed by atoms with E-state index in [1.165, 1.54) is 12.1 Å². The molecule has 0 bridgehead atoms. The standard InChI is InChI=1S/C17H20O5/c1-2-22-17(21)16-14(19)9-12(10-15(16)20)4-3-11-5-7-13(18)8-6-11/h5-7,9-10,13,18-20H,2-4,8H2,1H3. The van der Waals surface area contributed by atoms with Gasteiger partial charge in [0.2, 0.25) is 0 Å². The fourth-order valence-corrected chi connectivity index (χ4v) is 2.35. The highest BCUT2D eigenvalue weighted by molar-refractivity contribution is 5.95. The average molecular weight is 304 g/mol. The molecule has 1 atom stereocenters. The summed E-state index contributed by atoms with van der Waals surface area (Å²) < 4.78 is 4.79. The quantitative estimate of drug-likeness (QED) is 0.727. The maximum atomic E-state index is 11.6. The first-order valence-corrected chi connectivity index (χ1v) is 7.28. The molecule has 0 saturated heterocycles. The number of aromatic hydroxyl groups is 2. The summed E-state index contributed by atoms with van der Waals surface area (Å²) in [5.41, 5.74) is 1.62. The fraction of sp³-hybridized carbons (Fsp3) is 0.353. The predicted octanol–water partition coefficient (Wildman–Crippen LogP) is 2.45. The molecule has 2 rings (SSSR count). The van der Waals surface area contributed by atoms with Crippen molar-refractivity contribution in [2.75, 3.05) is 6.61 Å². The molecule has 118 valence electrons. The second kappa shape index (κ2) is 7.13. The maximum absolute atomic E-state index is 11.6. The molecule has 0 fully saturated rings. The van der Waals surface area contributed by atoms with Crippen LogP contribution in [-0.2, 0) is 11.2 Å². The lowest BCUT2D eigenvalue weighted by Gasteiger charge is -2.12. The van der Waals surface area contributed by atoms with Crippen LogP contribution in [0.2, 0.25) is 0 Å². The SMILES string of the molecule is CCOC(=O)c1c(O)cc(CCC2=CCC(O)C=C2)cc1O. The first-order chi connectivity index (χ1) is 10.5. The van der Waals surface area contributed by atoms with Crippen molar-refractivity contribution in [3.05, 3.63) is 47.1 Å². The zero-order valence-electron chi connectivity index (χ0n) is 12.5. The minimum Gasteiger partial charge on any atom is -0.507 e. The van der Waals surface area contributed by atoms with Crippen molar-refractivity contribution >= 4 is 5.97 Å². The number of esters is 1. The Morgan fingerprint density at radius 1 is 1.27 bits per heavy atom. The molecule has 5 heteroatoms. The summed E-state index contributed by atoms with van der Waals surface area (Å²) in [6.45, 7) is 1.83. The Hall–Kier alpha value is -2.27. The van der Waals surface area contributed by atoms with Crippen molar-refractivity contribution in [3.63, 3.8) is 0 Å². The van der Waals surface area contributed by atoms with Gasteiger partial charge in [-0.25, -0.2) is 4.79 Å². The number of aryl methyl sites for hydroxylation is 1. The third-order valence-corrected chi connectivity index (χ3v) is 3.49. The molecule has 5 nitrogen and oxygen atoms in total. The van der Waals surface area contributed by atoms with Gasteiger partial charge in [-0.15, -0.1) is 0 Å². The van der Waals surface area contributed by atoms with Crippen molar-refractivity contribution in [1.82, 2.24) is 0 Å². The molecular formula is C17H20O5. The van der Waals surface area contributed by atoms with Crippen LogP contribution in [0, 0.1) is 0 Å². The van der Waals surface area contributed by atoms with Crippen LogP contribution in [0.15, 0.2) is 35.9 Å². The first kappa shape index (κ1) is 16.1. The van der Waals surface area contributed by atoms with Crippen molar-refractivity contribution in [2.45, 2.75) is 32.3 Å². The second-order valence-electron chi connectivity index (χ2n) is 5.17. The summed E-state index contributed by atoms with van der Waals surface area (Å²) in [7, 11) is 0. The summed E-state index contributed by atoms with van der Waals surface area (Å²) in [5.74, 6) is -1.30. The molecule has 0 radical (unpaired) electrons. The lowest BCUT2D eigenvalue weighted by Crippen LogP contribution is -2.06. The van der Waals surface area contributed by atoms with Gasteiger partial charge in [0.1, 0.15) is 17.1 Å². The number of hydrogen-bond donors (Lipinski definition) is 3. The molecule has 0 aliphatic heterocycles. The van der Waals surface area contributed by atoms with Gasteiger partial charge in [0, 0.05) is 0 Å². The molecule has 22 heavy (non-hydrogen) atoms. The highest BCUT2D eigenvalue weighted by Gasteiger charge is 2.18. The second-order valence-corrected chi connectivity index (χ2v) is 5.17. The summed E-state index contributed by atoms with van der Waals surface area (Å²) in [4.78, 5) is 11.6. The highest BCUT2D eigenvalue weighted by Crippen LogP contribution is 2.30. The molecule has 0 aromatic heterocycles. The fourth-order valence-electron chi connectivity index (χ4n) is 2.35. The summed E-state index contributed by atoms with van der Waals surface area (Å²) >= 11 is 0. The van der Waals surface area contributed by atoms with Crippen LogP contribution in [0.4, 0.5) is 0 Å². The number of carbonyl (C=O) groups is 1. The first-order valence-electron chi connectivity index (χ1n) is 7.28. The molecule has 0 heterocycles. The third-order valence-electron chi connectivity index (χ3n) is 3.49. The molecule has 1 aromatic carbocycles. The van der Waals surface area contributed by atoms with E-state index in [2.05, 4.69) is 0 Å². The lowest BCUT2D eigenvalue weighted by molar-refractivity contribution is 0.0519. The number of carbonyl (C=O) groups excluding carboxylic acids is 1. The zero-order valence-corrected chi connectivity index (χ0v) is 12.5. The molecule has 1 aliphatic rings. The van der Waals surface area contributed by atoms with E-state index < -0.39 is 12.1 Å². The van der Waals surface area contributed by atoms with Crippen molar-refractivity contribution in [2.24, 2.45) is 0 Å². The van der Waals surface area contributed by atoms with Crippen LogP contribution >= 0.6 is 0 Å². The van der Waals surface area contributed by atoms with Gasteiger partial charge in [0.05, 0.1) is 12.7 Å². The van der Waals surface area contributed by atoms with Crippen LogP contribution < -0.4 is 0 Å². The monoisotopic (exact) mass is 304 g/mol. The normalized spacial score (nSPS) is 17.2. The number of hydrogen-bond acceptors (Lipinski definition) is 5. The van der Waals surface area contributed by atoms with Gasteiger partial charge in [0.25, 0.3) is 0 Å². The molecule has 1 aromatic rings. The molecule has 0 saturated carbocycles. The van der Waals surface area contributed by atoms with Gasteiger partial charge in [-0.3, -0.25) is 0 Å². The van der Waals surface area contributed by atoms with Crippen molar-refractivity contribution < 1.29 is 24.9 Å². The van der Waals surface area contributed by atoms with E-state index in [-0.39, 0.29) is 23.7 Å². The Morgan fingerprint density at radius 3 is 2.50 bits per heavy atom. The number of aliphatic hydroxyl groups excluding tert-OH is 1. The largest absolute Gasteiger partial charge is 0.507 e. The van der Waals surface area contributed by atoms with Gasteiger partial charge in [0.15, 0.2) is 0 Å². The minimum atomic E-state index is -0.740. The van der Waals surface area contributed by atoms with E-state index in [0.717, 1.165) is 17.6 Å².